The molecule has 2 nitrogen and oxygen atoms in total. The predicted octanol–water partition coefficient (Wildman–Crippen LogP) is 4.72. The maximum Gasteiger partial charge on any atom is 0.138 e. The zero-order chi connectivity index (χ0) is 16.3. The normalized spacial score (nSPS) is 30.1. The summed E-state index contributed by atoms with van der Waals surface area (Å²) in [5.41, 5.74) is 3.47. The highest BCUT2D eigenvalue weighted by Crippen LogP contribution is 2.56. The van der Waals surface area contributed by atoms with Crippen molar-refractivity contribution < 1.29 is 9.90 Å². The van der Waals surface area contributed by atoms with Gasteiger partial charge in [-0.1, -0.05) is 40.7 Å². The number of phenols is 1. The number of hydrogen-bond acceptors (Lipinski definition) is 2. The van der Waals surface area contributed by atoms with Crippen LogP contribution in [-0.4, -0.2) is 10.9 Å². The number of fused-ring (bicyclic) bond motifs is 3. The van der Waals surface area contributed by atoms with Crippen LogP contribution < -0.4 is 0 Å². The quantitative estimate of drug-likeness (QED) is 0.814. The van der Waals surface area contributed by atoms with E-state index in [0.29, 0.717) is 29.8 Å². The molecule has 1 aromatic rings. The average molecular weight is 300 g/mol. The van der Waals surface area contributed by atoms with E-state index in [1.807, 2.05) is 6.07 Å². The Kier molecular flexibility index (Phi) is 3.43. The van der Waals surface area contributed by atoms with Gasteiger partial charge in [0.05, 0.1) is 0 Å². The van der Waals surface area contributed by atoms with Crippen LogP contribution in [0.5, 0.6) is 5.75 Å². The number of benzene rings is 1. The van der Waals surface area contributed by atoms with Gasteiger partial charge >= 0.3 is 0 Å². The first-order chi connectivity index (χ1) is 10.2. The Morgan fingerprint density at radius 2 is 1.86 bits per heavy atom. The molecule has 0 bridgehead atoms. The second-order valence-corrected chi connectivity index (χ2v) is 8.38. The summed E-state index contributed by atoms with van der Waals surface area (Å²) in [7, 11) is 0. The number of carbonyl (C=O) groups excluding carboxylic acids is 1. The first-order valence-corrected chi connectivity index (χ1v) is 8.57. The van der Waals surface area contributed by atoms with Crippen molar-refractivity contribution in [2.24, 2.45) is 11.3 Å². The molecule has 0 unspecified atom stereocenters. The molecule has 2 aliphatic carbocycles. The lowest BCUT2D eigenvalue weighted by Gasteiger charge is -2.53. The first-order valence-electron chi connectivity index (χ1n) is 8.57. The molecule has 22 heavy (non-hydrogen) atoms. The van der Waals surface area contributed by atoms with Gasteiger partial charge in [-0.25, -0.2) is 0 Å². The van der Waals surface area contributed by atoms with Crippen molar-refractivity contribution in [2.75, 3.05) is 0 Å². The number of phenolic OH excluding ortho intramolecular Hbond substituents is 1. The molecule has 1 saturated carbocycles. The molecule has 1 aromatic carbocycles. The lowest BCUT2D eigenvalue weighted by Crippen LogP contribution is -2.52. The van der Waals surface area contributed by atoms with Gasteiger partial charge in [-0.2, -0.15) is 0 Å². The largest absolute Gasteiger partial charge is 0.508 e. The summed E-state index contributed by atoms with van der Waals surface area (Å²) in [4.78, 5) is 12.4. The highest BCUT2D eigenvalue weighted by molar-refractivity contribution is 5.86. The van der Waals surface area contributed by atoms with Crippen molar-refractivity contribution in [3.63, 3.8) is 0 Å². The molecule has 2 heteroatoms. The van der Waals surface area contributed by atoms with Crippen molar-refractivity contribution in [3.8, 4) is 5.75 Å². The average Bonchev–Trinajstić information content (AvgIpc) is 2.43. The fourth-order valence-corrected chi connectivity index (χ4v) is 5.02. The van der Waals surface area contributed by atoms with Crippen LogP contribution in [0.4, 0.5) is 0 Å². The monoisotopic (exact) mass is 300 g/mol. The molecule has 0 amide bonds. The van der Waals surface area contributed by atoms with Gasteiger partial charge in [-0.15, -0.1) is 0 Å². The summed E-state index contributed by atoms with van der Waals surface area (Å²) in [6, 6.07) is 4.21. The van der Waals surface area contributed by atoms with Gasteiger partial charge in [-0.3, -0.25) is 4.79 Å². The van der Waals surface area contributed by atoms with E-state index in [-0.39, 0.29) is 10.8 Å². The third-order valence-corrected chi connectivity index (χ3v) is 6.42. The number of aryl methyl sites for hydroxylation is 1. The van der Waals surface area contributed by atoms with Crippen molar-refractivity contribution in [3.05, 3.63) is 28.8 Å². The molecular weight excluding hydrogens is 272 g/mol. The third kappa shape index (κ3) is 2.03. The standard InChI is InChI=1S/C20H28O2/c1-12(2)14-10-13-6-7-17-19(3,4)18(22)8-9-20(17,5)15(13)11-16(14)21/h10-12,17,21H,6-9H2,1-5H3/t17-,20-/m0/s1. The van der Waals surface area contributed by atoms with E-state index in [4.69, 9.17) is 0 Å². The summed E-state index contributed by atoms with van der Waals surface area (Å²) < 4.78 is 0. The van der Waals surface area contributed by atoms with E-state index in [0.717, 1.165) is 24.8 Å². The predicted molar refractivity (Wildman–Crippen MR) is 89.4 cm³/mol. The molecule has 3 rings (SSSR count). The molecular formula is C20H28O2. The van der Waals surface area contributed by atoms with Crippen molar-refractivity contribution in [1.29, 1.82) is 0 Å². The zero-order valence-electron chi connectivity index (χ0n) is 14.5. The maximum absolute atomic E-state index is 12.4. The third-order valence-electron chi connectivity index (χ3n) is 6.42. The SMILES string of the molecule is CC(C)c1cc2c(cc1O)[C@]1(C)CCC(=O)C(C)(C)[C@@H]1CC2. The Morgan fingerprint density at radius 3 is 2.50 bits per heavy atom. The molecule has 2 aliphatic rings. The van der Waals surface area contributed by atoms with Crippen molar-refractivity contribution in [1.82, 2.24) is 0 Å². The zero-order valence-corrected chi connectivity index (χ0v) is 14.5. The number of ketones is 1. The lowest BCUT2D eigenvalue weighted by molar-refractivity contribution is -0.137. The van der Waals surface area contributed by atoms with Gasteiger partial charge in [0.2, 0.25) is 0 Å². The highest BCUT2D eigenvalue weighted by Gasteiger charge is 2.53. The second-order valence-electron chi connectivity index (χ2n) is 8.38. The Labute approximate surface area is 133 Å². The molecule has 0 radical (unpaired) electrons. The Balaban J connectivity index is 2.13. The van der Waals surface area contributed by atoms with E-state index < -0.39 is 0 Å². The van der Waals surface area contributed by atoms with Gasteiger partial charge in [0, 0.05) is 11.8 Å². The number of rotatable bonds is 1. The molecule has 1 N–H and O–H groups in total. The Bertz CT molecular complexity index is 627. The van der Waals surface area contributed by atoms with Crippen molar-refractivity contribution >= 4 is 5.78 Å². The van der Waals surface area contributed by atoms with Crippen LogP contribution in [0, 0.1) is 11.3 Å². The van der Waals surface area contributed by atoms with Crippen LogP contribution >= 0.6 is 0 Å². The van der Waals surface area contributed by atoms with E-state index in [9.17, 15) is 9.90 Å². The van der Waals surface area contributed by atoms with E-state index in [2.05, 4.69) is 40.7 Å². The van der Waals surface area contributed by atoms with Crippen LogP contribution in [0.3, 0.4) is 0 Å². The van der Waals surface area contributed by atoms with Crippen LogP contribution in [0.25, 0.3) is 0 Å². The van der Waals surface area contributed by atoms with E-state index >= 15 is 0 Å². The lowest BCUT2D eigenvalue weighted by atomic mass is 9.50. The number of aromatic hydroxyl groups is 1. The van der Waals surface area contributed by atoms with E-state index in [1.165, 1.54) is 11.1 Å². The van der Waals surface area contributed by atoms with Crippen LogP contribution in [0.15, 0.2) is 12.1 Å². The molecule has 2 atom stereocenters. The fourth-order valence-electron chi connectivity index (χ4n) is 5.02. The fraction of sp³-hybridized carbons (Fsp3) is 0.650. The van der Waals surface area contributed by atoms with Gasteiger partial charge in [-0.05, 0) is 59.3 Å². The van der Waals surface area contributed by atoms with Gasteiger partial charge < -0.3 is 5.11 Å². The Morgan fingerprint density at radius 1 is 1.18 bits per heavy atom. The minimum atomic E-state index is -0.253. The maximum atomic E-state index is 12.4. The van der Waals surface area contributed by atoms with Crippen LogP contribution in [0.2, 0.25) is 0 Å². The topological polar surface area (TPSA) is 37.3 Å². The molecule has 0 aromatic heterocycles. The summed E-state index contributed by atoms with van der Waals surface area (Å²) in [5, 5.41) is 10.5. The summed E-state index contributed by atoms with van der Waals surface area (Å²) >= 11 is 0. The van der Waals surface area contributed by atoms with Gasteiger partial charge in [0.25, 0.3) is 0 Å². The minimum absolute atomic E-state index is 0.0119. The number of carbonyl (C=O) groups is 1. The molecule has 0 spiro atoms. The minimum Gasteiger partial charge on any atom is -0.508 e. The molecule has 0 saturated heterocycles. The smallest absolute Gasteiger partial charge is 0.138 e. The summed E-state index contributed by atoms with van der Waals surface area (Å²) in [5.74, 6) is 1.53. The molecule has 0 aliphatic heterocycles. The molecule has 1 fully saturated rings. The van der Waals surface area contributed by atoms with Crippen molar-refractivity contribution in [2.45, 2.75) is 71.6 Å². The first kappa shape index (κ1) is 15.6. The molecule has 0 heterocycles. The Hall–Kier alpha value is -1.31. The number of hydrogen-bond donors (Lipinski definition) is 1. The highest BCUT2D eigenvalue weighted by atomic mass is 16.3. The van der Waals surface area contributed by atoms with Crippen LogP contribution in [0.1, 0.15) is 76.5 Å². The second kappa shape index (κ2) is 4.84. The van der Waals surface area contributed by atoms with Gasteiger partial charge in [0.1, 0.15) is 11.5 Å². The summed E-state index contributed by atoms with van der Waals surface area (Å²) in [6.07, 6.45) is 3.66. The summed E-state index contributed by atoms with van der Waals surface area (Å²) in [6.45, 7) is 10.8. The van der Waals surface area contributed by atoms with Gasteiger partial charge in [0.15, 0.2) is 0 Å². The molecule has 120 valence electrons. The number of Topliss-reactive ketones (excluding diaryl/α,β-unsaturated/α-hetero) is 1. The van der Waals surface area contributed by atoms with E-state index in [1.54, 1.807) is 0 Å². The van der Waals surface area contributed by atoms with Crippen LogP contribution in [-0.2, 0) is 16.6 Å².